The average molecular weight is 587 g/mol. The van der Waals surface area contributed by atoms with Crippen LogP contribution in [0.2, 0.25) is 0 Å². The van der Waals surface area contributed by atoms with Crippen molar-refractivity contribution in [3.8, 4) is 17.2 Å². The normalized spacial score (nSPS) is 15.3. The lowest BCUT2D eigenvalue weighted by atomic mass is 9.93. The van der Waals surface area contributed by atoms with E-state index in [2.05, 4.69) is 15.9 Å². The van der Waals surface area contributed by atoms with E-state index < -0.39 is 6.04 Å². The molecular formula is C27H28BrN3O5S. The summed E-state index contributed by atoms with van der Waals surface area (Å²) in [5, 5.41) is 9.84. The standard InChI is InChI=1S/C27H28BrN3O5S/c1-6-30(7-2)26(34)23-15(3)29-27-31(24(23)18-14-17(35-4)9-11-21(18)36-5)25(33)22(37-27)13-16-8-10-20(32)19(28)12-16/h8-14,24,32H,6-7H2,1-5H3/b22-13+/t24-/m0/s1. The first-order valence-corrected chi connectivity index (χ1v) is 13.4. The topological polar surface area (TPSA) is 93.4 Å². The van der Waals surface area contributed by atoms with E-state index in [1.807, 2.05) is 13.8 Å². The minimum absolute atomic E-state index is 0.110. The van der Waals surface area contributed by atoms with Gasteiger partial charge in [0.1, 0.15) is 23.3 Å². The average Bonchev–Trinajstić information content (AvgIpc) is 3.19. The summed E-state index contributed by atoms with van der Waals surface area (Å²) in [7, 11) is 3.12. The second-order valence-electron chi connectivity index (χ2n) is 8.38. The van der Waals surface area contributed by atoms with Crippen LogP contribution in [-0.2, 0) is 4.79 Å². The maximum Gasteiger partial charge on any atom is 0.271 e. The number of nitrogens with zero attached hydrogens (tertiary/aromatic N) is 3. The van der Waals surface area contributed by atoms with Crippen molar-refractivity contribution in [1.82, 2.24) is 9.47 Å². The van der Waals surface area contributed by atoms with Crippen LogP contribution in [0, 0.1) is 0 Å². The molecule has 194 valence electrons. The second kappa shape index (κ2) is 10.9. The zero-order valence-corrected chi connectivity index (χ0v) is 23.6. The van der Waals surface area contributed by atoms with Crippen LogP contribution in [0.3, 0.4) is 0 Å². The highest BCUT2D eigenvalue weighted by atomic mass is 79.9. The second-order valence-corrected chi connectivity index (χ2v) is 10.2. The van der Waals surface area contributed by atoms with Crippen molar-refractivity contribution in [2.24, 2.45) is 4.99 Å². The Labute approximate surface area is 226 Å². The van der Waals surface area contributed by atoms with Gasteiger partial charge in [-0.25, -0.2) is 4.99 Å². The Morgan fingerprint density at radius 3 is 2.54 bits per heavy atom. The Hall–Kier alpha value is -3.37. The Morgan fingerprint density at radius 1 is 1.19 bits per heavy atom. The molecule has 4 rings (SSSR count). The molecule has 1 N–H and O–H groups in total. The van der Waals surface area contributed by atoms with Crippen molar-refractivity contribution in [2.75, 3.05) is 27.3 Å². The van der Waals surface area contributed by atoms with Crippen molar-refractivity contribution in [2.45, 2.75) is 26.8 Å². The number of rotatable bonds is 7. The lowest BCUT2D eigenvalue weighted by Crippen LogP contribution is -2.43. The van der Waals surface area contributed by atoms with Crippen molar-refractivity contribution in [1.29, 1.82) is 0 Å². The van der Waals surface area contributed by atoms with Gasteiger partial charge in [0.05, 0.1) is 34.5 Å². The summed E-state index contributed by atoms with van der Waals surface area (Å²) >= 11 is 4.57. The summed E-state index contributed by atoms with van der Waals surface area (Å²) in [6.07, 6.45) is 1.75. The third-order valence-electron chi connectivity index (χ3n) is 6.30. The molecular weight excluding hydrogens is 558 g/mol. The molecule has 1 aliphatic rings. The highest BCUT2D eigenvalue weighted by Crippen LogP contribution is 2.38. The summed E-state index contributed by atoms with van der Waals surface area (Å²) < 4.78 is 13.7. The monoisotopic (exact) mass is 585 g/mol. The van der Waals surface area contributed by atoms with Crippen molar-refractivity contribution in [3.63, 3.8) is 0 Å². The van der Waals surface area contributed by atoms with Gasteiger partial charge in [0, 0.05) is 18.7 Å². The van der Waals surface area contributed by atoms with Crippen LogP contribution >= 0.6 is 27.3 Å². The molecule has 2 aromatic carbocycles. The Morgan fingerprint density at radius 2 is 1.92 bits per heavy atom. The fraction of sp³-hybridized carbons (Fsp3) is 0.296. The van der Waals surface area contributed by atoms with Crippen LogP contribution in [0.25, 0.3) is 6.08 Å². The lowest BCUT2D eigenvalue weighted by molar-refractivity contribution is -0.127. The largest absolute Gasteiger partial charge is 0.507 e. The minimum Gasteiger partial charge on any atom is -0.507 e. The predicted octanol–water partition coefficient (Wildman–Crippen LogP) is 3.59. The highest BCUT2D eigenvalue weighted by molar-refractivity contribution is 9.10. The van der Waals surface area contributed by atoms with Crippen LogP contribution in [0.1, 0.15) is 37.9 Å². The fourth-order valence-electron chi connectivity index (χ4n) is 4.39. The number of ether oxygens (including phenoxy) is 2. The molecule has 1 atom stereocenters. The van der Waals surface area contributed by atoms with Crippen molar-refractivity contribution < 1.29 is 19.4 Å². The molecule has 0 saturated carbocycles. The molecule has 1 amide bonds. The lowest BCUT2D eigenvalue weighted by Gasteiger charge is -2.30. The van der Waals surface area contributed by atoms with E-state index in [1.165, 1.54) is 11.3 Å². The van der Waals surface area contributed by atoms with E-state index in [0.29, 0.717) is 55.2 Å². The van der Waals surface area contributed by atoms with Gasteiger partial charge in [-0.15, -0.1) is 0 Å². The number of carbonyl (C=O) groups excluding carboxylic acids is 1. The highest BCUT2D eigenvalue weighted by Gasteiger charge is 2.36. The molecule has 37 heavy (non-hydrogen) atoms. The molecule has 0 unspecified atom stereocenters. The molecule has 1 aromatic heterocycles. The number of aromatic nitrogens is 1. The van der Waals surface area contributed by atoms with Gasteiger partial charge in [-0.05, 0) is 78.7 Å². The van der Waals surface area contributed by atoms with Gasteiger partial charge in [0.2, 0.25) is 0 Å². The summed E-state index contributed by atoms with van der Waals surface area (Å²) in [5.74, 6) is 1.04. The predicted molar refractivity (Wildman–Crippen MR) is 147 cm³/mol. The molecule has 10 heteroatoms. The molecule has 1 aliphatic heterocycles. The van der Waals surface area contributed by atoms with E-state index in [1.54, 1.807) is 73.1 Å². The number of methoxy groups -OCH3 is 2. The number of fused-ring (bicyclic) bond motifs is 1. The van der Waals surface area contributed by atoms with Gasteiger partial charge in [0.25, 0.3) is 11.5 Å². The molecule has 2 heterocycles. The number of likely N-dealkylation sites (N-methyl/N-ethyl adjacent to an activating group) is 1. The third kappa shape index (κ3) is 4.95. The molecule has 0 spiro atoms. The Kier molecular flexibility index (Phi) is 7.89. The first-order chi connectivity index (χ1) is 17.7. The van der Waals surface area contributed by atoms with Gasteiger partial charge in [-0.2, -0.15) is 0 Å². The number of thiazole rings is 1. The molecule has 0 bridgehead atoms. The van der Waals surface area contributed by atoms with Crippen molar-refractivity contribution >= 4 is 39.2 Å². The fourth-order valence-corrected chi connectivity index (χ4v) is 5.83. The SMILES string of the molecule is CCN(CC)C(=O)C1=C(C)N=c2s/c(=C/c3ccc(O)c(Br)c3)c(=O)n2[C@H]1c1cc(OC)ccc1OC. The quantitative estimate of drug-likeness (QED) is 0.457. The third-order valence-corrected chi connectivity index (χ3v) is 7.92. The zero-order valence-electron chi connectivity index (χ0n) is 21.2. The van der Waals surface area contributed by atoms with Crippen LogP contribution in [0.5, 0.6) is 17.2 Å². The van der Waals surface area contributed by atoms with Crippen LogP contribution in [0.4, 0.5) is 0 Å². The molecule has 0 aliphatic carbocycles. The van der Waals surface area contributed by atoms with E-state index in [0.717, 1.165) is 5.56 Å². The Balaban J connectivity index is 2.02. The summed E-state index contributed by atoms with van der Waals surface area (Å²) in [6.45, 7) is 6.68. The number of carbonyl (C=O) groups is 1. The van der Waals surface area contributed by atoms with Gasteiger partial charge in [0.15, 0.2) is 4.80 Å². The number of benzene rings is 2. The smallest absolute Gasteiger partial charge is 0.271 e. The van der Waals surface area contributed by atoms with E-state index in [9.17, 15) is 14.7 Å². The van der Waals surface area contributed by atoms with E-state index in [-0.39, 0.29) is 17.2 Å². The number of phenols is 1. The first kappa shape index (κ1) is 26.7. The summed E-state index contributed by atoms with van der Waals surface area (Å²) in [5.41, 5.74) is 2.06. The number of amides is 1. The number of phenolic OH excluding ortho intramolecular Hbond substituents is 1. The molecule has 0 saturated heterocycles. The van der Waals surface area contributed by atoms with Gasteiger partial charge in [-0.3, -0.25) is 14.2 Å². The number of aromatic hydroxyl groups is 1. The number of allylic oxidation sites excluding steroid dienone is 1. The van der Waals surface area contributed by atoms with Crippen LogP contribution in [-0.4, -0.2) is 47.8 Å². The molecule has 3 aromatic rings. The van der Waals surface area contributed by atoms with E-state index in [4.69, 9.17) is 14.5 Å². The van der Waals surface area contributed by atoms with Crippen LogP contribution in [0.15, 0.2) is 61.9 Å². The molecule has 0 fully saturated rings. The number of halogens is 1. The maximum absolute atomic E-state index is 13.9. The van der Waals surface area contributed by atoms with Crippen molar-refractivity contribution in [3.05, 3.63) is 83.0 Å². The van der Waals surface area contributed by atoms with Gasteiger partial charge >= 0.3 is 0 Å². The first-order valence-electron chi connectivity index (χ1n) is 11.8. The van der Waals surface area contributed by atoms with E-state index >= 15 is 0 Å². The maximum atomic E-state index is 13.9. The summed E-state index contributed by atoms with van der Waals surface area (Å²) in [6, 6.07) is 9.60. The Bertz CT molecular complexity index is 1570. The molecule has 0 radical (unpaired) electrons. The minimum atomic E-state index is -0.761. The molecule has 8 nitrogen and oxygen atoms in total. The number of hydrogen-bond donors (Lipinski definition) is 1. The van der Waals surface area contributed by atoms with Gasteiger partial charge in [-0.1, -0.05) is 17.4 Å². The number of hydrogen-bond acceptors (Lipinski definition) is 7. The summed E-state index contributed by atoms with van der Waals surface area (Å²) in [4.78, 5) is 34.6. The van der Waals surface area contributed by atoms with Gasteiger partial charge < -0.3 is 19.5 Å². The zero-order chi connectivity index (χ0) is 26.9. The van der Waals surface area contributed by atoms with Crippen LogP contribution < -0.4 is 24.4 Å².